The fourth-order valence-electron chi connectivity index (χ4n) is 1.73. The predicted molar refractivity (Wildman–Crippen MR) is 81.7 cm³/mol. The molecular weight excluding hydrogens is 343 g/mol. The van der Waals surface area contributed by atoms with Gasteiger partial charge in [0.25, 0.3) is 0 Å². The molecule has 1 rings (SSSR count). The fraction of sp³-hybridized carbons (Fsp3) is 0.571. The van der Waals surface area contributed by atoms with Crippen molar-refractivity contribution in [3.05, 3.63) is 29.8 Å². The van der Waals surface area contributed by atoms with Gasteiger partial charge in [0, 0.05) is 16.6 Å². The van der Waals surface area contributed by atoms with E-state index in [0.717, 1.165) is 22.3 Å². The zero-order valence-corrected chi connectivity index (χ0v) is 13.3. The lowest BCUT2D eigenvalue weighted by atomic mass is 10.1. The lowest BCUT2D eigenvalue weighted by molar-refractivity contribution is -0.0383. The van der Waals surface area contributed by atoms with Gasteiger partial charge in [0.2, 0.25) is 0 Å². The van der Waals surface area contributed by atoms with Crippen molar-refractivity contribution < 1.29 is 14.2 Å². The monoisotopic (exact) mass is 364 g/mol. The summed E-state index contributed by atoms with van der Waals surface area (Å²) in [5.74, 6) is 0.878. The summed E-state index contributed by atoms with van der Waals surface area (Å²) in [6.07, 6.45) is 0.117. The maximum Gasteiger partial charge on any atom is 0.124 e. The van der Waals surface area contributed by atoms with E-state index in [0.29, 0.717) is 6.61 Å². The maximum atomic E-state index is 6.02. The average molecular weight is 364 g/mol. The highest BCUT2D eigenvalue weighted by atomic mass is 127. The molecule has 2 unspecified atom stereocenters. The van der Waals surface area contributed by atoms with Gasteiger partial charge in [-0.05, 0) is 19.9 Å². The Labute approximate surface area is 123 Å². The second kappa shape index (κ2) is 8.72. The Morgan fingerprint density at radius 1 is 1.28 bits per heavy atom. The number of ether oxygens (including phenoxy) is 3. The molecule has 18 heavy (non-hydrogen) atoms. The molecule has 0 heterocycles. The van der Waals surface area contributed by atoms with Crippen molar-refractivity contribution >= 4 is 22.6 Å². The molecule has 0 aliphatic carbocycles. The molecule has 0 aliphatic heterocycles. The van der Waals surface area contributed by atoms with Crippen LogP contribution in [0.25, 0.3) is 0 Å². The van der Waals surface area contributed by atoms with Crippen LogP contribution in [0, 0.1) is 0 Å². The number of hydrogen-bond donors (Lipinski definition) is 0. The lowest BCUT2D eigenvalue weighted by Gasteiger charge is -2.22. The van der Waals surface area contributed by atoms with Crippen LogP contribution in [0.2, 0.25) is 0 Å². The molecule has 1 aromatic rings. The first-order chi connectivity index (χ1) is 8.72. The van der Waals surface area contributed by atoms with E-state index >= 15 is 0 Å². The van der Waals surface area contributed by atoms with Crippen molar-refractivity contribution in [3.8, 4) is 5.75 Å². The number of halogens is 1. The number of methoxy groups -OCH3 is 1. The van der Waals surface area contributed by atoms with Gasteiger partial charge in [-0.15, -0.1) is 0 Å². The summed E-state index contributed by atoms with van der Waals surface area (Å²) in [7, 11) is 1.69. The molecule has 0 radical (unpaired) electrons. The van der Waals surface area contributed by atoms with Crippen molar-refractivity contribution in [1.29, 1.82) is 0 Å². The van der Waals surface area contributed by atoms with Crippen molar-refractivity contribution in [2.24, 2.45) is 0 Å². The van der Waals surface area contributed by atoms with Crippen molar-refractivity contribution in [2.45, 2.75) is 26.1 Å². The van der Waals surface area contributed by atoms with Crippen LogP contribution in [0.4, 0.5) is 0 Å². The molecule has 0 saturated carbocycles. The van der Waals surface area contributed by atoms with Crippen molar-refractivity contribution in [2.75, 3.05) is 24.8 Å². The van der Waals surface area contributed by atoms with Gasteiger partial charge in [-0.2, -0.15) is 0 Å². The molecule has 1 aromatic carbocycles. The van der Waals surface area contributed by atoms with Gasteiger partial charge in [-0.3, -0.25) is 0 Å². The van der Waals surface area contributed by atoms with E-state index in [1.807, 2.05) is 32.0 Å². The summed E-state index contributed by atoms with van der Waals surface area (Å²) < 4.78 is 17.7. The van der Waals surface area contributed by atoms with Gasteiger partial charge in [-0.25, -0.2) is 0 Å². The van der Waals surface area contributed by atoms with Crippen LogP contribution in [0.5, 0.6) is 5.75 Å². The second-order valence-electron chi connectivity index (χ2n) is 3.99. The quantitative estimate of drug-likeness (QED) is 0.521. The molecule has 0 spiro atoms. The van der Waals surface area contributed by atoms with Crippen LogP contribution < -0.4 is 4.74 Å². The fourth-order valence-corrected chi connectivity index (χ4v) is 2.41. The maximum absolute atomic E-state index is 6.02. The molecule has 4 heteroatoms. The van der Waals surface area contributed by atoms with Gasteiger partial charge in [0.15, 0.2) is 0 Å². The van der Waals surface area contributed by atoms with Gasteiger partial charge in [-0.1, -0.05) is 40.8 Å². The van der Waals surface area contributed by atoms with Gasteiger partial charge < -0.3 is 14.2 Å². The Kier molecular flexibility index (Phi) is 7.62. The van der Waals surface area contributed by atoms with E-state index in [1.165, 1.54) is 0 Å². The first kappa shape index (κ1) is 15.7. The summed E-state index contributed by atoms with van der Waals surface area (Å²) >= 11 is 2.34. The molecule has 2 atom stereocenters. The Balaban J connectivity index is 2.70. The van der Waals surface area contributed by atoms with E-state index in [9.17, 15) is 0 Å². The molecule has 0 aromatic heterocycles. The van der Waals surface area contributed by atoms with Gasteiger partial charge in [0.1, 0.15) is 5.75 Å². The second-order valence-corrected chi connectivity index (χ2v) is 4.87. The van der Waals surface area contributed by atoms with Crippen molar-refractivity contribution in [3.63, 3.8) is 0 Å². The minimum atomic E-state index is 0.0391. The Morgan fingerprint density at radius 2 is 2.00 bits per heavy atom. The summed E-state index contributed by atoms with van der Waals surface area (Å²) in [6, 6.07) is 7.99. The minimum absolute atomic E-state index is 0.0391. The summed E-state index contributed by atoms with van der Waals surface area (Å²) in [6.45, 7) is 5.36. The molecule has 0 saturated heterocycles. The van der Waals surface area contributed by atoms with Crippen LogP contribution in [0.3, 0.4) is 0 Å². The third-order valence-corrected chi connectivity index (χ3v) is 3.38. The summed E-state index contributed by atoms with van der Waals surface area (Å²) in [5, 5.41) is 0. The molecule has 102 valence electrons. The number of para-hydroxylation sites is 1. The Bertz CT molecular complexity index is 344. The topological polar surface area (TPSA) is 27.7 Å². The van der Waals surface area contributed by atoms with Crippen LogP contribution >= 0.6 is 22.6 Å². The molecule has 0 N–H and O–H groups in total. The number of benzene rings is 1. The molecule has 3 nitrogen and oxygen atoms in total. The van der Waals surface area contributed by atoms with Crippen LogP contribution in [-0.4, -0.2) is 30.9 Å². The lowest BCUT2D eigenvalue weighted by Crippen LogP contribution is -2.20. The zero-order valence-electron chi connectivity index (χ0n) is 11.2. The molecule has 0 fully saturated rings. The molecule has 0 bridgehead atoms. The standard InChI is InChI=1S/C14H21IO3/c1-4-17-10-11(2)18-14(9-15)12-7-5-6-8-13(12)16-3/h5-8,11,14H,4,9-10H2,1-3H3. The highest BCUT2D eigenvalue weighted by Gasteiger charge is 2.18. The van der Waals surface area contributed by atoms with Gasteiger partial charge in [0.05, 0.1) is 25.9 Å². The Morgan fingerprint density at radius 3 is 2.61 bits per heavy atom. The van der Waals surface area contributed by atoms with E-state index in [-0.39, 0.29) is 12.2 Å². The number of alkyl halides is 1. The van der Waals surface area contributed by atoms with Crippen LogP contribution in [0.15, 0.2) is 24.3 Å². The average Bonchev–Trinajstić information content (AvgIpc) is 2.42. The SMILES string of the molecule is CCOCC(C)OC(CI)c1ccccc1OC. The Hall–Kier alpha value is -0.330. The van der Waals surface area contributed by atoms with E-state index in [2.05, 4.69) is 28.7 Å². The van der Waals surface area contributed by atoms with Crippen LogP contribution in [0.1, 0.15) is 25.5 Å². The number of rotatable bonds is 8. The normalized spacial score (nSPS) is 14.2. The van der Waals surface area contributed by atoms with E-state index in [1.54, 1.807) is 7.11 Å². The first-order valence-corrected chi connectivity index (χ1v) is 7.67. The van der Waals surface area contributed by atoms with E-state index < -0.39 is 0 Å². The van der Waals surface area contributed by atoms with Gasteiger partial charge >= 0.3 is 0 Å². The predicted octanol–water partition coefficient (Wildman–Crippen LogP) is 3.61. The molecular formula is C14H21IO3. The first-order valence-electron chi connectivity index (χ1n) is 6.15. The third-order valence-electron chi connectivity index (χ3n) is 2.58. The largest absolute Gasteiger partial charge is 0.496 e. The number of hydrogen-bond acceptors (Lipinski definition) is 3. The van der Waals surface area contributed by atoms with E-state index in [4.69, 9.17) is 14.2 Å². The highest BCUT2D eigenvalue weighted by molar-refractivity contribution is 14.1. The molecule has 0 amide bonds. The molecule has 0 aliphatic rings. The minimum Gasteiger partial charge on any atom is -0.496 e. The summed E-state index contributed by atoms with van der Waals surface area (Å²) in [4.78, 5) is 0. The van der Waals surface area contributed by atoms with Crippen molar-refractivity contribution in [1.82, 2.24) is 0 Å². The van der Waals surface area contributed by atoms with Crippen LogP contribution in [-0.2, 0) is 9.47 Å². The third kappa shape index (κ3) is 4.74. The summed E-state index contributed by atoms with van der Waals surface area (Å²) in [5.41, 5.74) is 1.10. The zero-order chi connectivity index (χ0) is 13.4. The smallest absolute Gasteiger partial charge is 0.124 e. The highest BCUT2D eigenvalue weighted by Crippen LogP contribution is 2.29.